The van der Waals surface area contributed by atoms with Gasteiger partial charge in [-0.05, 0) is 37.6 Å². The Hall–Kier alpha value is -0.820. The van der Waals surface area contributed by atoms with Gasteiger partial charge in [0.25, 0.3) is 0 Å². The van der Waals surface area contributed by atoms with Crippen molar-refractivity contribution in [3.8, 4) is 0 Å². The molecule has 0 radical (unpaired) electrons. The number of hydrogen-bond acceptors (Lipinski definition) is 3. The summed E-state index contributed by atoms with van der Waals surface area (Å²) in [5.74, 6) is 0. The number of nitrogens with zero attached hydrogens (tertiary/aromatic N) is 1. The van der Waals surface area contributed by atoms with E-state index in [9.17, 15) is 8.42 Å². The van der Waals surface area contributed by atoms with Crippen LogP contribution in [0.4, 0.5) is 5.69 Å². The van der Waals surface area contributed by atoms with Crippen LogP contribution in [0.3, 0.4) is 0 Å². The lowest BCUT2D eigenvalue weighted by Gasteiger charge is -2.38. The van der Waals surface area contributed by atoms with Crippen LogP contribution < -0.4 is 14.3 Å². The first-order valence-electron chi connectivity index (χ1n) is 6.26. The highest BCUT2D eigenvalue weighted by Gasteiger charge is 2.35. The number of piperidine rings is 1. The van der Waals surface area contributed by atoms with E-state index in [0.29, 0.717) is 6.54 Å². The molecule has 1 saturated heterocycles. The number of nitrogens with one attached hydrogen (secondary N) is 2. The second kappa shape index (κ2) is 5.66. The Kier molecular flexibility index (Phi) is 4.35. The van der Waals surface area contributed by atoms with Gasteiger partial charge in [0.2, 0.25) is 0 Å². The summed E-state index contributed by atoms with van der Waals surface area (Å²) in [5, 5.41) is 3.26. The molecule has 2 heterocycles. The zero-order chi connectivity index (χ0) is 12.6. The van der Waals surface area contributed by atoms with Gasteiger partial charge in [-0.2, -0.15) is 13.1 Å². The van der Waals surface area contributed by atoms with E-state index in [0.717, 1.165) is 37.2 Å². The van der Waals surface area contributed by atoms with Crippen molar-refractivity contribution in [3.63, 3.8) is 0 Å². The van der Waals surface area contributed by atoms with Crippen molar-refractivity contribution in [2.45, 2.75) is 25.4 Å². The fourth-order valence-corrected chi connectivity index (χ4v) is 4.19. The normalized spacial score (nSPS) is 22.4. The summed E-state index contributed by atoms with van der Waals surface area (Å²) in [6, 6.07) is 7.78. The van der Waals surface area contributed by atoms with Crippen molar-refractivity contribution in [1.82, 2.24) is 10.0 Å². The van der Waals surface area contributed by atoms with Gasteiger partial charge in [0.15, 0.2) is 0 Å². The average Bonchev–Trinajstić information content (AvgIpc) is 2.39. The van der Waals surface area contributed by atoms with Crippen LogP contribution in [0.1, 0.15) is 18.4 Å². The van der Waals surface area contributed by atoms with Gasteiger partial charge in [0, 0.05) is 12.6 Å². The Morgan fingerprint density at radius 1 is 1.16 bits per heavy atom. The quantitative estimate of drug-likeness (QED) is 0.814. The molecule has 19 heavy (non-hydrogen) atoms. The zero-order valence-corrected chi connectivity index (χ0v) is 12.1. The second-order valence-electron chi connectivity index (χ2n) is 4.73. The van der Waals surface area contributed by atoms with Gasteiger partial charge in [-0.3, -0.25) is 4.31 Å². The molecule has 1 fully saturated rings. The highest BCUT2D eigenvalue weighted by molar-refractivity contribution is 7.91. The summed E-state index contributed by atoms with van der Waals surface area (Å²) in [7, 11) is -3.38. The van der Waals surface area contributed by atoms with E-state index in [4.69, 9.17) is 0 Å². The van der Waals surface area contributed by atoms with Crippen LogP contribution in [0.15, 0.2) is 24.3 Å². The number of benzene rings is 1. The van der Waals surface area contributed by atoms with E-state index < -0.39 is 10.2 Å². The maximum absolute atomic E-state index is 12.2. The topological polar surface area (TPSA) is 61.4 Å². The molecule has 0 saturated carbocycles. The second-order valence-corrected chi connectivity index (χ2v) is 6.36. The Balaban J connectivity index is 0.00000133. The maximum Gasteiger partial charge on any atom is 0.302 e. The Morgan fingerprint density at radius 2 is 1.84 bits per heavy atom. The molecule has 0 amide bonds. The highest BCUT2D eigenvalue weighted by Crippen LogP contribution is 2.31. The van der Waals surface area contributed by atoms with E-state index >= 15 is 0 Å². The zero-order valence-electron chi connectivity index (χ0n) is 10.5. The lowest BCUT2D eigenvalue weighted by molar-refractivity contribution is 0.448. The van der Waals surface area contributed by atoms with Crippen molar-refractivity contribution < 1.29 is 8.42 Å². The number of anilines is 1. The standard InChI is InChI=1S/C12H17N3O2S.ClH/c16-18(17)14-9-10-3-1-2-4-12(10)15(18)11-5-7-13-8-6-11;/h1-4,11,13-14H,5-9H2;1H. The number of hydrogen-bond donors (Lipinski definition) is 2. The van der Waals surface area contributed by atoms with Crippen LogP contribution in [0.2, 0.25) is 0 Å². The Bertz CT molecular complexity index is 544. The van der Waals surface area contributed by atoms with Gasteiger partial charge >= 0.3 is 10.2 Å². The molecule has 0 aromatic heterocycles. The van der Waals surface area contributed by atoms with E-state index in [1.54, 1.807) is 4.31 Å². The molecule has 2 aliphatic heterocycles. The highest BCUT2D eigenvalue weighted by atomic mass is 35.5. The largest absolute Gasteiger partial charge is 0.317 e. The molecule has 2 N–H and O–H groups in total. The minimum absolute atomic E-state index is 0. The molecule has 7 heteroatoms. The van der Waals surface area contributed by atoms with Gasteiger partial charge in [0.1, 0.15) is 0 Å². The average molecular weight is 304 g/mol. The number of rotatable bonds is 1. The van der Waals surface area contributed by atoms with Gasteiger partial charge in [-0.1, -0.05) is 18.2 Å². The van der Waals surface area contributed by atoms with Crippen molar-refractivity contribution >= 4 is 28.3 Å². The van der Waals surface area contributed by atoms with Crippen LogP contribution in [0.5, 0.6) is 0 Å². The summed E-state index contributed by atoms with van der Waals surface area (Å²) in [5.41, 5.74) is 1.88. The van der Waals surface area contributed by atoms with E-state index in [-0.39, 0.29) is 18.4 Å². The molecule has 2 aliphatic rings. The molecule has 5 nitrogen and oxygen atoms in total. The molecule has 0 aliphatic carbocycles. The van der Waals surface area contributed by atoms with Gasteiger partial charge in [0.05, 0.1) is 5.69 Å². The van der Waals surface area contributed by atoms with Crippen LogP contribution in [-0.4, -0.2) is 27.5 Å². The summed E-state index contributed by atoms with van der Waals surface area (Å²) in [6.07, 6.45) is 1.71. The predicted molar refractivity (Wildman–Crippen MR) is 77.8 cm³/mol. The van der Waals surface area contributed by atoms with E-state index in [1.807, 2.05) is 24.3 Å². The van der Waals surface area contributed by atoms with Crippen LogP contribution in [0.25, 0.3) is 0 Å². The minimum atomic E-state index is -3.38. The lowest BCUT2D eigenvalue weighted by Crippen LogP contribution is -2.52. The first kappa shape index (κ1) is 14.6. The lowest BCUT2D eigenvalue weighted by atomic mass is 10.0. The number of fused-ring (bicyclic) bond motifs is 1. The molecule has 106 valence electrons. The third-order valence-electron chi connectivity index (χ3n) is 3.57. The molecule has 1 aromatic rings. The van der Waals surface area contributed by atoms with E-state index in [2.05, 4.69) is 10.0 Å². The van der Waals surface area contributed by atoms with Crippen LogP contribution >= 0.6 is 12.4 Å². The molecular weight excluding hydrogens is 286 g/mol. The molecule has 0 unspecified atom stereocenters. The van der Waals surface area contributed by atoms with Crippen LogP contribution in [-0.2, 0) is 16.8 Å². The fourth-order valence-electron chi connectivity index (χ4n) is 2.68. The summed E-state index contributed by atoms with van der Waals surface area (Å²) in [6.45, 7) is 2.14. The SMILES string of the molecule is Cl.O=S1(=O)NCc2ccccc2N1C1CCNCC1. The molecular formula is C12H18ClN3O2S. The van der Waals surface area contributed by atoms with Crippen molar-refractivity contribution in [3.05, 3.63) is 29.8 Å². The number of para-hydroxylation sites is 1. The molecule has 3 rings (SSSR count). The molecule has 1 aromatic carbocycles. The predicted octanol–water partition coefficient (Wildman–Crippen LogP) is 1.01. The summed E-state index contributed by atoms with van der Waals surface area (Å²) < 4.78 is 28.7. The van der Waals surface area contributed by atoms with E-state index in [1.165, 1.54) is 0 Å². The minimum Gasteiger partial charge on any atom is -0.317 e. The number of halogens is 1. The maximum atomic E-state index is 12.2. The Labute approximate surface area is 120 Å². The van der Waals surface area contributed by atoms with Crippen molar-refractivity contribution in [2.24, 2.45) is 0 Å². The Morgan fingerprint density at radius 3 is 2.58 bits per heavy atom. The molecule has 0 spiro atoms. The first-order valence-corrected chi connectivity index (χ1v) is 7.70. The third kappa shape index (κ3) is 2.72. The molecule has 0 bridgehead atoms. The smallest absolute Gasteiger partial charge is 0.302 e. The van der Waals surface area contributed by atoms with Crippen molar-refractivity contribution in [1.29, 1.82) is 0 Å². The van der Waals surface area contributed by atoms with Crippen molar-refractivity contribution in [2.75, 3.05) is 17.4 Å². The summed E-state index contributed by atoms with van der Waals surface area (Å²) in [4.78, 5) is 0. The summed E-state index contributed by atoms with van der Waals surface area (Å²) >= 11 is 0. The monoisotopic (exact) mass is 303 g/mol. The first-order chi connectivity index (χ1) is 8.68. The van der Waals surface area contributed by atoms with Gasteiger partial charge in [-0.15, -0.1) is 12.4 Å². The fraction of sp³-hybridized carbons (Fsp3) is 0.500. The molecule has 0 atom stereocenters. The van der Waals surface area contributed by atoms with Gasteiger partial charge in [-0.25, -0.2) is 0 Å². The van der Waals surface area contributed by atoms with Gasteiger partial charge < -0.3 is 5.32 Å². The third-order valence-corrected chi connectivity index (χ3v) is 5.10. The van der Waals surface area contributed by atoms with Crippen LogP contribution in [0, 0.1) is 0 Å².